The van der Waals surface area contributed by atoms with Crippen LogP contribution in [-0.4, -0.2) is 28.6 Å². The van der Waals surface area contributed by atoms with E-state index >= 15 is 0 Å². The van der Waals surface area contributed by atoms with Crippen LogP contribution in [0.15, 0.2) is 0 Å². The number of carbonyl (C=O) groups excluding carboxylic acids is 1. The minimum Gasteiger partial charge on any atom is -0.480 e. The Balaban J connectivity index is 2.79. The summed E-state index contributed by atoms with van der Waals surface area (Å²) in [6.45, 7) is 5.90. The van der Waals surface area contributed by atoms with Crippen LogP contribution in [0.2, 0.25) is 0 Å². The first kappa shape index (κ1) is 16.0. The highest BCUT2D eigenvalue weighted by molar-refractivity contribution is 5.89. The van der Waals surface area contributed by atoms with Gasteiger partial charge in [-0.3, -0.25) is 4.79 Å². The van der Waals surface area contributed by atoms with Gasteiger partial charge in [-0.1, -0.05) is 40.0 Å². The Hall–Kier alpha value is -1.10. The van der Waals surface area contributed by atoms with Crippen LogP contribution in [0.1, 0.15) is 52.9 Å². The summed E-state index contributed by atoms with van der Waals surface area (Å²) in [7, 11) is 0. The zero-order valence-electron chi connectivity index (χ0n) is 12.1. The maximum absolute atomic E-state index is 12.1. The number of aliphatic carboxylic acids is 1. The van der Waals surface area contributed by atoms with E-state index in [1.807, 2.05) is 20.8 Å². The second-order valence-electron chi connectivity index (χ2n) is 5.99. The molecule has 1 saturated carbocycles. The van der Waals surface area contributed by atoms with Crippen LogP contribution < -0.4 is 11.1 Å². The van der Waals surface area contributed by atoms with E-state index in [2.05, 4.69) is 5.32 Å². The molecule has 4 atom stereocenters. The first-order valence-electron chi connectivity index (χ1n) is 7.13. The molecule has 1 aliphatic rings. The Morgan fingerprint density at radius 1 is 1.53 bits per heavy atom. The van der Waals surface area contributed by atoms with Crippen LogP contribution in [0.5, 0.6) is 0 Å². The molecule has 0 aromatic rings. The highest BCUT2D eigenvalue weighted by Gasteiger charge is 2.44. The minimum absolute atomic E-state index is 0.0480. The molecule has 110 valence electrons. The highest BCUT2D eigenvalue weighted by Crippen LogP contribution is 2.32. The van der Waals surface area contributed by atoms with E-state index in [0.717, 1.165) is 19.3 Å². The molecule has 0 heterocycles. The van der Waals surface area contributed by atoms with Crippen LogP contribution in [0.25, 0.3) is 0 Å². The van der Waals surface area contributed by atoms with Gasteiger partial charge in [0.1, 0.15) is 5.54 Å². The standard InChI is InChI=1S/C14H26N2O3/c1-4-10(3)11(15)12(17)16-14(13(18)19)7-5-6-9(2)8-14/h9-11H,4-8,15H2,1-3H3,(H,16,17)(H,18,19)/t9?,10-,11-,14?/m0/s1. The van der Waals surface area contributed by atoms with E-state index in [1.165, 1.54) is 0 Å². The third-order valence-electron chi connectivity index (χ3n) is 4.33. The van der Waals surface area contributed by atoms with Crippen molar-refractivity contribution in [3.8, 4) is 0 Å². The second-order valence-corrected chi connectivity index (χ2v) is 5.99. The van der Waals surface area contributed by atoms with Crippen LogP contribution in [0, 0.1) is 11.8 Å². The number of carboxylic acid groups (broad SMARTS) is 1. The van der Waals surface area contributed by atoms with Crippen molar-refractivity contribution >= 4 is 11.9 Å². The summed E-state index contributed by atoms with van der Waals surface area (Å²) in [6, 6.07) is -0.640. The lowest BCUT2D eigenvalue weighted by atomic mass is 9.76. The van der Waals surface area contributed by atoms with E-state index in [1.54, 1.807) is 0 Å². The molecule has 1 rings (SSSR count). The largest absolute Gasteiger partial charge is 0.480 e. The van der Waals surface area contributed by atoms with Gasteiger partial charge < -0.3 is 16.2 Å². The maximum Gasteiger partial charge on any atom is 0.329 e. The average Bonchev–Trinajstić information content (AvgIpc) is 2.36. The fourth-order valence-electron chi connectivity index (χ4n) is 2.74. The zero-order chi connectivity index (χ0) is 14.6. The number of nitrogens with two attached hydrogens (primary N) is 1. The number of nitrogens with one attached hydrogen (secondary N) is 1. The lowest BCUT2D eigenvalue weighted by Crippen LogP contribution is -2.60. The predicted molar refractivity (Wildman–Crippen MR) is 73.6 cm³/mol. The van der Waals surface area contributed by atoms with Crippen molar-refractivity contribution in [2.75, 3.05) is 0 Å². The third kappa shape index (κ3) is 3.69. The van der Waals surface area contributed by atoms with E-state index in [4.69, 9.17) is 5.73 Å². The molecule has 0 saturated heterocycles. The van der Waals surface area contributed by atoms with Gasteiger partial charge in [0.25, 0.3) is 0 Å². The monoisotopic (exact) mass is 270 g/mol. The molecular formula is C14H26N2O3. The van der Waals surface area contributed by atoms with Gasteiger partial charge in [-0.25, -0.2) is 4.79 Å². The summed E-state index contributed by atoms with van der Waals surface area (Å²) in [5.41, 5.74) is 4.75. The first-order chi connectivity index (χ1) is 8.82. The molecule has 19 heavy (non-hydrogen) atoms. The summed E-state index contributed by atoms with van der Waals surface area (Å²) in [4.78, 5) is 23.7. The van der Waals surface area contributed by atoms with Crippen molar-refractivity contribution in [3.63, 3.8) is 0 Å². The minimum atomic E-state index is -1.13. The normalized spacial score (nSPS) is 30.4. The fourth-order valence-corrected chi connectivity index (χ4v) is 2.74. The summed E-state index contributed by atoms with van der Waals surface area (Å²) >= 11 is 0. The number of hydrogen-bond acceptors (Lipinski definition) is 3. The van der Waals surface area contributed by atoms with Crippen molar-refractivity contribution in [2.24, 2.45) is 17.6 Å². The summed E-state index contributed by atoms with van der Waals surface area (Å²) < 4.78 is 0. The van der Waals surface area contributed by atoms with E-state index in [9.17, 15) is 14.7 Å². The van der Waals surface area contributed by atoms with Gasteiger partial charge in [0.05, 0.1) is 6.04 Å². The van der Waals surface area contributed by atoms with Gasteiger partial charge in [-0.2, -0.15) is 0 Å². The molecule has 1 amide bonds. The fraction of sp³-hybridized carbons (Fsp3) is 0.857. The van der Waals surface area contributed by atoms with Gasteiger partial charge >= 0.3 is 5.97 Å². The van der Waals surface area contributed by atoms with Crippen molar-refractivity contribution in [1.29, 1.82) is 0 Å². The van der Waals surface area contributed by atoms with Crippen LogP contribution in [0.4, 0.5) is 0 Å². The molecule has 0 radical (unpaired) electrons. The highest BCUT2D eigenvalue weighted by atomic mass is 16.4. The second kappa shape index (κ2) is 6.37. The summed E-state index contributed by atoms with van der Waals surface area (Å²) in [6.07, 6.45) is 3.62. The van der Waals surface area contributed by atoms with Gasteiger partial charge in [0.2, 0.25) is 5.91 Å². The van der Waals surface area contributed by atoms with Gasteiger partial charge in [-0.15, -0.1) is 0 Å². The van der Waals surface area contributed by atoms with Gasteiger partial charge in [0, 0.05) is 0 Å². The molecule has 2 unspecified atom stereocenters. The van der Waals surface area contributed by atoms with Gasteiger partial charge in [-0.05, 0) is 24.7 Å². The molecule has 0 aliphatic heterocycles. The lowest BCUT2D eigenvalue weighted by molar-refractivity contribution is -0.150. The molecule has 5 heteroatoms. The Kier molecular flexibility index (Phi) is 5.35. The number of carbonyl (C=O) groups is 2. The van der Waals surface area contributed by atoms with Gasteiger partial charge in [0.15, 0.2) is 0 Å². The van der Waals surface area contributed by atoms with Crippen molar-refractivity contribution in [2.45, 2.75) is 64.5 Å². The van der Waals surface area contributed by atoms with Crippen LogP contribution >= 0.6 is 0 Å². The summed E-state index contributed by atoms with van der Waals surface area (Å²) in [5, 5.41) is 12.2. The molecule has 5 nitrogen and oxygen atoms in total. The molecule has 0 aromatic heterocycles. The Labute approximate surface area is 114 Å². The quantitative estimate of drug-likeness (QED) is 0.706. The Morgan fingerprint density at radius 2 is 2.16 bits per heavy atom. The third-order valence-corrected chi connectivity index (χ3v) is 4.33. The topological polar surface area (TPSA) is 92.4 Å². The maximum atomic E-state index is 12.1. The average molecular weight is 270 g/mol. The Bertz CT molecular complexity index is 346. The predicted octanol–water partition coefficient (Wildman–Crippen LogP) is 1.51. The van der Waals surface area contributed by atoms with Crippen molar-refractivity contribution in [3.05, 3.63) is 0 Å². The molecular weight excluding hydrogens is 244 g/mol. The molecule has 0 aromatic carbocycles. The Morgan fingerprint density at radius 3 is 2.63 bits per heavy atom. The molecule has 0 spiro atoms. The number of amides is 1. The summed E-state index contributed by atoms with van der Waals surface area (Å²) in [5.74, 6) is -0.925. The number of hydrogen-bond donors (Lipinski definition) is 3. The number of carboxylic acids is 1. The molecule has 1 aliphatic carbocycles. The first-order valence-corrected chi connectivity index (χ1v) is 7.13. The van der Waals surface area contributed by atoms with Crippen LogP contribution in [-0.2, 0) is 9.59 Å². The van der Waals surface area contributed by atoms with Crippen molar-refractivity contribution in [1.82, 2.24) is 5.32 Å². The molecule has 4 N–H and O–H groups in total. The SMILES string of the molecule is CC[C@H](C)[C@H](N)C(=O)NC1(C(=O)O)CCCC(C)C1. The smallest absolute Gasteiger partial charge is 0.329 e. The van der Waals surface area contributed by atoms with Crippen molar-refractivity contribution < 1.29 is 14.7 Å². The number of rotatable bonds is 5. The van der Waals surface area contributed by atoms with E-state index < -0.39 is 17.6 Å². The van der Waals surface area contributed by atoms with E-state index in [-0.39, 0.29) is 11.8 Å². The molecule has 0 bridgehead atoms. The van der Waals surface area contributed by atoms with Crippen LogP contribution in [0.3, 0.4) is 0 Å². The zero-order valence-corrected chi connectivity index (χ0v) is 12.1. The van der Waals surface area contributed by atoms with E-state index in [0.29, 0.717) is 18.8 Å². The lowest BCUT2D eigenvalue weighted by Gasteiger charge is -2.38. The molecule has 1 fully saturated rings.